The minimum atomic E-state index is -3.63. The summed E-state index contributed by atoms with van der Waals surface area (Å²) < 4.78 is 25.6. The first-order valence-corrected chi connectivity index (χ1v) is 7.80. The van der Waals surface area contributed by atoms with Gasteiger partial charge in [0.2, 0.25) is 10.0 Å². The van der Waals surface area contributed by atoms with Crippen LogP contribution >= 0.6 is 0 Å². The Bertz CT molecular complexity index is 564. The van der Waals surface area contributed by atoms with E-state index < -0.39 is 16.0 Å². The van der Waals surface area contributed by atoms with Gasteiger partial charge in [-0.3, -0.25) is 4.79 Å². The van der Waals surface area contributed by atoms with Crippen molar-refractivity contribution >= 4 is 22.1 Å². The van der Waals surface area contributed by atoms with E-state index in [2.05, 4.69) is 0 Å². The van der Waals surface area contributed by atoms with Crippen molar-refractivity contribution < 1.29 is 18.3 Å². The quantitative estimate of drug-likeness (QED) is 0.837. The van der Waals surface area contributed by atoms with Crippen LogP contribution in [0.4, 0.5) is 0 Å². The van der Waals surface area contributed by atoms with Gasteiger partial charge in [-0.05, 0) is 25.5 Å². The van der Waals surface area contributed by atoms with Crippen LogP contribution < -0.4 is 0 Å². The lowest BCUT2D eigenvalue weighted by atomic mass is 10.2. The van der Waals surface area contributed by atoms with Gasteiger partial charge in [0.05, 0.1) is 6.42 Å². The fourth-order valence-electron chi connectivity index (χ4n) is 1.69. The van der Waals surface area contributed by atoms with Crippen molar-refractivity contribution in [2.45, 2.75) is 26.3 Å². The van der Waals surface area contributed by atoms with Crippen LogP contribution in [0.1, 0.15) is 25.8 Å². The summed E-state index contributed by atoms with van der Waals surface area (Å²) in [6.07, 6.45) is 1.29. The molecule has 0 fully saturated rings. The number of benzene rings is 1. The minimum absolute atomic E-state index is 0.0333. The van der Waals surface area contributed by atoms with Crippen molar-refractivity contribution in [1.82, 2.24) is 4.31 Å². The summed E-state index contributed by atoms with van der Waals surface area (Å²) in [5.41, 5.74) is 0.776. The van der Waals surface area contributed by atoms with Crippen LogP contribution in [-0.2, 0) is 14.8 Å². The fourth-order valence-corrected chi connectivity index (χ4v) is 3.11. The molecule has 0 radical (unpaired) electrons. The second-order valence-electron chi connectivity index (χ2n) is 4.61. The highest BCUT2D eigenvalue weighted by Crippen LogP contribution is 2.12. The van der Waals surface area contributed by atoms with E-state index in [0.717, 1.165) is 11.0 Å². The molecule has 1 N–H and O–H groups in total. The molecule has 0 saturated carbocycles. The summed E-state index contributed by atoms with van der Waals surface area (Å²) in [5.74, 6) is -1.02. The van der Waals surface area contributed by atoms with Crippen LogP contribution in [0.25, 0.3) is 6.08 Å². The zero-order chi connectivity index (χ0) is 15.2. The third kappa shape index (κ3) is 5.14. The van der Waals surface area contributed by atoms with E-state index in [1.807, 2.05) is 18.2 Å². The van der Waals surface area contributed by atoms with Crippen molar-refractivity contribution in [2.24, 2.45) is 0 Å². The number of carboxylic acids is 1. The van der Waals surface area contributed by atoms with Crippen LogP contribution in [0.5, 0.6) is 0 Å². The van der Waals surface area contributed by atoms with E-state index in [-0.39, 0.29) is 19.0 Å². The maximum absolute atomic E-state index is 12.2. The van der Waals surface area contributed by atoms with Crippen molar-refractivity contribution in [3.8, 4) is 0 Å². The largest absolute Gasteiger partial charge is 0.481 e. The zero-order valence-electron chi connectivity index (χ0n) is 11.6. The van der Waals surface area contributed by atoms with Gasteiger partial charge in [0.25, 0.3) is 0 Å². The minimum Gasteiger partial charge on any atom is -0.481 e. The maximum atomic E-state index is 12.2. The van der Waals surface area contributed by atoms with Gasteiger partial charge >= 0.3 is 5.97 Å². The third-order valence-corrected chi connectivity index (χ3v) is 4.42. The van der Waals surface area contributed by atoms with Gasteiger partial charge in [-0.15, -0.1) is 0 Å². The number of sulfonamides is 1. The molecule has 1 rings (SSSR count). The first kappa shape index (κ1) is 16.4. The summed E-state index contributed by atoms with van der Waals surface area (Å²) in [6.45, 7) is 3.40. The Labute approximate surface area is 119 Å². The number of nitrogens with zero attached hydrogens (tertiary/aromatic N) is 1. The van der Waals surface area contributed by atoms with Crippen molar-refractivity contribution in [2.75, 3.05) is 6.54 Å². The van der Waals surface area contributed by atoms with Crippen molar-refractivity contribution in [1.29, 1.82) is 0 Å². The number of hydrogen-bond donors (Lipinski definition) is 1. The molecule has 1 aromatic rings. The van der Waals surface area contributed by atoms with Gasteiger partial charge in [-0.25, -0.2) is 8.42 Å². The Balaban J connectivity index is 2.88. The summed E-state index contributed by atoms with van der Waals surface area (Å²) in [5, 5.41) is 9.79. The van der Waals surface area contributed by atoms with E-state index in [1.165, 1.54) is 10.4 Å². The Morgan fingerprint density at radius 3 is 2.40 bits per heavy atom. The summed E-state index contributed by atoms with van der Waals surface area (Å²) in [7, 11) is -3.63. The van der Waals surface area contributed by atoms with Crippen LogP contribution in [0, 0.1) is 0 Å². The van der Waals surface area contributed by atoms with Gasteiger partial charge in [-0.1, -0.05) is 30.3 Å². The maximum Gasteiger partial charge on any atom is 0.304 e. The lowest BCUT2D eigenvalue weighted by molar-refractivity contribution is -0.137. The highest BCUT2D eigenvalue weighted by molar-refractivity contribution is 7.92. The number of hydrogen-bond acceptors (Lipinski definition) is 3. The molecule has 0 atom stereocenters. The van der Waals surface area contributed by atoms with E-state index in [1.54, 1.807) is 26.0 Å². The first-order chi connectivity index (χ1) is 9.33. The molecule has 0 spiro atoms. The molecular weight excluding hydrogens is 278 g/mol. The normalized spacial score (nSPS) is 12.4. The smallest absolute Gasteiger partial charge is 0.304 e. The number of carbonyl (C=O) groups is 1. The fraction of sp³-hybridized carbons (Fsp3) is 0.357. The van der Waals surface area contributed by atoms with Crippen LogP contribution in [-0.4, -0.2) is 36.4 Å². The highest BCUT2D eigenvalue weighted by Gasteiger charge is 2.22. The molecule has 0 bridgehead atoms. The topological polar surface area (TPSA) is 74.7 Å². The monoisotopic (exact) mass is 297 g/mol. The molecule has 0 aromatic heterocycles. The number of rotatable bonds is 7. The van der Waals surface area contributed by atoms with Gasteiger partial charge in [0.15, 0.2) is 0 Å². The summed E-state index contributed by atoms with van der Waals surface area (Å²) >= 11 is 0. The Morgan fingerprint density at radius 1 is 1.30 bits per heavy atom. The number of carboxylic acid groups (broad SMARTS) is 1. The molecule has 0 aliphatic carbocycles. The highest BCUT2D eigenvalue weighted by atomic mass is 32.2. The second kappa shape index (κ2) is 7.21. The lowest BCUT2D eigenvalue weighted by Crippen LogP contribution is -2.37. The van der Waals surface area contributed by atoms with Gasteiger partial charge in [-0.2, -0.15) is 4.31 Å². The van der Waals surface area contributed by atoms with E-state index in [9.17, 15) is 13.2 Å². The average molecular weight is 297 g/mol. The molecule has 0 amide bonds. The first-order valence-electron chi connectivity index (χ1n) is 6.29. The molecule has 20 heavy (non-hydrogen) atoms. The molecule has 1 aromatic carbocycles. The molecule has 0 heterocycles. The average Bonchev–Trinajstić information content (AvgIpc) is 2.37. The standard InChI is InChI=1S/C14H19NO4S/c1-12(2)15(10-8-14(16)17)20(18,19)11-9-13-6-4-3-5-7-13/h3-7,9,11-12H,8,10H2,1-2H3,(H,16,17)/b11-9+. The summed E-state index contributed by atoms with van der Waals surface area (Å²) in [6, 6.07) is 8.78. The molecule has 0 aliphatic rings. The molecule has 0 saturated heterocycles. The van der Waals surface area contributed by atoms with Gasteiger partial charge in [0.1, 0.15) is 0 Å². The lowest BCUT2D eigenvalue weighted by Gasteiger charge is -2.23. The SMILES string of the molecule is CC(C)N(CCC(=O)O)S(=O)(=O)/C=C/c1ccccc1. The van der Waals surface area contributed by atoms with E-state index >= 15 is 0 Å². The van der Waals surface area contributed by atoms with E-state index in [4.69, 9.17) is 5.11 Å². The Hall–Kier alpha value is -1.66. The molecule has 5 nitrogen and oxygen atoms in total. The Kier molecular flexibility index (Phi) is 5.91. The Morgan fingerprint density at radius 2 is 1.90 bits per heavy atom. The van der Waals surface area contributed by atoms with Crippen molar-refractivity contribution in [3.05, 3.63) is 41.3 Å². The molecule has 0 unspecified atom stereocenters. The van der Waals surface area contributed by atoms with Gasteiger partial charge in [0, 0.05) is 18.0 Å². The van der Waals surface area contributed by atoms with Gasteiger partial charge < -0.3 is 5.11 Å². The molecule has 110 valence electrons. The van der Waals surface area contributed by atoms with Crippen LogP contribution in [0.2, 0.25) is 0 Å². The molecular formula is C14H19NO4S. The summed E-state index contributed by atoms with van der Waals surface area (Å²) in [4.78, 5) is 10.6. The third-order valence-electron chi connectivity index (χ3n) is 2.68. The van der Waals surface area contributed by atoms with Crippen LogP contribution in [0.3, 0.4) is 0 Å². The van der Waals surface area contributed by atoms with Crippen LogP contribution in [0.15, 0.2) is 35.7 Å². The predicted molar refractivity (Wildman–Crippen MR) is 78.5 cm³/mol. The molecule has 0 aliphatic heterocycles. The second-order valence-corrected chi connectivity index (χ2v) is 6.38. The predicted octanol–water partition coefficient (Wildman–Crippen LogP) is 2.17. The van der Waals surface area contributed by atoms with Crippen molar-refractivity contribution in [3.63, 3.8) is 0 Å². The molecule has 6 heteroatoms. The van der Waals surface area contributed by atoms with E-state index in [0.29, 0.717) is 0 Å². The zero-order valence-corrected chi connectivity index (χ0v) is 12.4. The number of aliphatic carboxylic acids is 1.